The molecule has 0 rings (SSSR count). The Morgan fingerprint density at radius 1 is 1.23 bits per heavy atom. The summed E-state index contributed by atoms with van der Waals surface area (Å²) in [7, 11) is 0. The number of nitrogens with one attached hydrogen (secondary N) is 1. The summed E-state index contributed by atoms with van der Waals surface area (Å²) in [5.74, 6) is 0. The van der Waals surface area contributed by atoms with E-state index in [1.54, 1.807) is 0 Å². The molecule has 0 saturated carbocycles. The molecule has 0 aliphatic rings. The van der Waals surface area contributed by atoms with E-state index in [0.29, 0.717) is 19.4 Å². The Bertz CT molecular complexity index is 124. The Morgan fingerprint density at radius 2 is 1.77 bits per heavy atom. The van der Waals surface area contributed by atoms with E-state index in [1.165, 1.54) is 0 Å². The summed E-state index contributed by atoms with van der Waals surface area (Å²) < 4.78 is 0. The van der Waals surface area contributed by atoms with Crippen molar-refractivity contribution in [2.24, 2.45) is 0 Å². The molecule has 0 heterocycles. The Balaban J connectivity index is 3.61. The Hall–Kier alpha value is -0.120. The summed E-state index contributed by atoms with van der Waals surface area (Å²) >= 11 is 0. The van der Waals surface area contributed by atoms with Crippen molar-refractivity contribution in [3.8, 4) is 0 Å². The first kappa shape index (κ1) is 12.9. The molecule has 3 heteroatoms. The van der Waals surface area contributed by atoms with Gasteiger partial charge in [0.1, 0.15) is 6.23 Å². The molecule has 0 saturated heterocycles. The molecule has 13 heavy (non-hydrogen) atoms. The molecule has 80 valence electrons. The Kier molecular flexibility index (Phi) is 6.29. The largest absolute Gasteiger partial charge is 0.390 e. The first-order valence-corrected chi connectivity index (χ1v) is 5.21. The minimum Gasteiger partial charge on any atom is -0.390 e. The lowest BCUT2D eigenvalue weighted by atomic mass is 9.93. The standard InChI is InChI=1S/C10H23NO2/c1-4-9(12)11-8-7-10(13,5-2)6-3/h9,11-13H,4-8H2,1-3H3/t9-/m1/s1. The van der Waals surface area contributed by atoms with Crippen LogP contribution in [0.15, 0.2) is 0 Å². The summed E-state index contributed by atoms with van der Waals surface area (Å²) in [6.07, 6.45) is 2.52. The van der Waals surface area contributed by atoms with Gasteiger partial charge in [-0.3, -0.25) is 5.32 Å². The van der Waals surface area contributed by atoms with E-state index in [0.717, 1.165) is 12.8 Å². The van der Waals surface area contributed by atoms with Crippen LogP contribution in [-0.4, -0.2) is 28.6 Å². The summed E-state index contributed by atoms with van der Waals surface area (Å²) in [5.41, 5.74) is -0.555. The average Bonchev–Trinajstić information content (AvgIpc) is 2.17. The third-order valence-electron chi connectivity index (χ3n) is 2.67. The van der Waals surface area contributed by atoms with E-state index in [4.69, 9.17) is 0 Å². The van der Waals surface area contributed by atoms with Gasteiger partial charge in [-0.1, -0.05) is 20.8 Å². The van der Waals surface area contributed by atoms with Gasteiger partial charge in [0.15, 0.2) is 0 Å². The third kappa shape index (κ3) is 5.24. The third-order valence-corrected chi connectivity index (χ3v) is 2.67. The van der Waals surface area contributed by atoms with Gasteiger partial charge in [0, 0.05) is 6.54 Å². The quantitative estimate of drug-likeness (QED) is 0.528. The van der Waals surface area contributed by atoms with E-state index < -0.39 is 11.8 Å². The number of hydrogen-bond donors (Lipinski definition) is 3. The normalized spacial score (nSPS) is 14.5. The van der Waals surface area contributed by atoms with Gasteiger partial charge in [-0.05, 0) is 25.7 Å². The van der Waals surface area contributed by atoms with Crippen LogP contribution in [0.4, 0.5) is 0 Å². The van der Waals surface area contributed by atoms with Crippen molar-refractivity contribution in [2.75, 3.05) is 6.54 Å². The van der Waals surface area contributed by atoms with E-state index in [1.807, 2.05) is 20.8 Å². The van der Waals surface area contributed by atoms with Gasteiger partial charge in [0.2, 0.25) is 0 Å². The molecular weight excluding hydrogens is 166 g/mol. The maximum atomic E-state index is 9.89. The second kappa shape index (κ2) is 6.35. The fraction of sp³-hybridized carbons (Fsp3) is 1.00. The highest BCUT2D eigenvalue weighted by Gasteiger charge is 2.21. The molecule has 0 aromatic heterocycles. The zero-order valence-corrected chi connectivity index (χ0v) is 9.01. The molecule has 3 nitrogen and oxygen atoms in total. The minimum absolute atomic E-state index is 0.432. The maximum absolute atomic E-state index is 9.89. The van der Waals surface area contributed by atoms with Crippen LogP contribution < -0.4 is 5.32 Å². The van der Waals surface area contributed by atoms with Crippen LogP contribution in [0.2, 0.25) is 0 Å². The number of rotatable bonds is 7. The van der Waals surface area contributed by atoms with Crippen LogP contribution in [0.3, 0.4) is 0 Å². The number of hydrogen-bond acceptors (Lipinski definition) is 3. The lowest BCUT2D eigenvalue weighted by molar-refractivity contribution is 0.0189. The summed E-state index contributed by atoms with van der Waals surface area (Å²) in [6, 6.07) is 0. The van der Waals surface area contributed by atoms with Crippen LogP contribution >= 0.6 is 0 Å². The lowest BCUT2D eigenvalue weighted by Gasteiger charge is -2.25. The second-order valence-corrected chi connectivity index (χ2v) is 3.56. The van der Waals surface area contributed by atoms with Crippen LogP contribution in [-0.2, 0) is 0 Å². The van der Waals surface area contributed by atoms with Crippen molar-refractivity contribution in [1.82, 2.24) is 5.32 Å². The van der Waals surface area contributed by atoms with Crippen molar-refractivity contribution in [3.05, 3.63) is 0 Å². The fourth-order valence-electron chi connectivity index (χ4n) is 1.22. The van der Waals surface area contributed by atoms with Gasteiger partial charge >= 0.3 is 0 Å². The van der Waals surface area contributed by atoms with Crippen molar-refractivity contribution in [1.29, 1.82) is 0 Å². The summed E-state index contributed by atoms with van der Waals surface area (Å²) in [6.45, 7) is 6.57. The van der Waals surface area contributed by atoms with Crippen molar-refractivity contribution >= 4 is 0 Å². The van der Waals surface area contributed by atoms with Crippen molar-refractivity contribution in [3.63, 3.8) is 0 Å². The maximum Gasteiger partial charge on any atom is 0.104 e. The van der Waals surface area contributed by atoms with Crippen molar-refractivity contribution < 1.29 is 10.2 Å². The second-order valence-electron chi connectivity index (χ2n) is 3.56. The molecule has 0 amide bonds. The SMILES string of the molecule is CC[C@@H](O)NCCC(O)(CC)CC. The number of aliphatic hydroxyl groups is 2. The summed E-state index contributed by atoms with van der Waals surface area (Å²) in [5, 5.41) is 22.1. The fourth-order valence-corrected chi connectivity index (χ4v) is 1.22. The molecular formula is C10H23NO2. The monoisotopic (exact) mass is 189 g/mol. The highest BCUT2D eigenvalue weighted by atomic mass is 16.3. The van der Waals surface area contributed by atoms with E-state index in [-0.39, 0.29) is 0 Å². The molecule has 0 radical (unpaired) electrons. The molecule has 3 N–H and O–H groups in total. The molecule has 0 bridgehead atoms. The smallest absolute Gasteiger partial charge is 0.104 e. The molecule has 0 aromatic rings. The topological polar surface area (TPSA) is 52.5 Å². The van der Waals surface area contributed by atoms with Crippen LogP contribution in [0.1, 0.15) is 46.5 Å². The zero-order valence-electron chi connectivity index (χ0n) is 9.01. The predicted octanol–water partition coefficient (Wildman–Crippen LogP) is 1.25. The average molecular weight is 189 g/mol. The van der Waals surface area contributed by atoms with Crippen LogP contribution in [0.25, 0.3) is 0 Å². The minimum atomic E-state index is -0.555. The van der Waals surface area contributed by atoms with Gasteiger partial charge in [-0.2, -0.15) is 0 Å². The lowest BCUT2D eigenvalue weighted by Crippen LogP contribution is -2.35. The van der Waals surface area contributed by atoms with Gasteiger partial charge in [0.25, 0.3) is 0 Å². The predicted molar refractivity (Wildman–Crippen MR) is 54.4 cm³/mol. The molecule has 0 aliphatic carbocycles. The van der Waals surface area contributed by atoms with E-state index >= 15 is 0 Å². The molecule has 1 atom stereocenters. The van der Waals surface area contributed by atoms with Gasteiger partial charge < -0.3 is 10.2 Å². The summed E-state index contributed by atoms with van der Waals surface area (Å²) in [4.78, 5) is 0. The number of aliphatic hydroxyl groups excluding tert-OH is 1. The molecule has 0 aromatic carbocycles. The van der Waals surface area contributed by atoms with E-state index in [9.17, 15) is 10.2 Å². The van der Waals surface area contributed by atoms with Crippen LogP contribution in [0.5, 0.6) is 0 Å². The molecule has 0 fully saturated rings. The zero-order chi connectivity index (χ0) is 10.3. The highest BCUT2D eigenvalue weighted by Crippen LogP contribution is 2.18. The highest BCUT2D eigenvalue weighted by molar-refractivity contribution is 4.75. The first-order chi connectivity index (χ1) is 6.08. The van der Waals surface area contributed by atoms with Gasteiger partial charge in [0.05, 0.1) is 5.60 Å². The molecule has 0 spiro atoms. The van der Waals surface area contributed by atoms with Crippen LogP contribution in [0, 0.1) is 0 Å². The van der Waals surface area contributed by atoms with E-state index in [2.05, 4.69) is 5.32 Å². The first-order valence-electron chi connectivity index (χ1n) is 5.21. The van der Waals surface area contributed by atoms with Crippen molar-refractivity contribution in [2.45, 2.75) is 58.3 Å². The Labute approximate surface area is 81.2 Å². The Morgan fingerprint density at radius 3 is 2.15 bits per heavy atom. The van der Waals surface area contributed by atoms with Gasteiger partial charge in [-0.15, -0.1) is 0 Å². The van der Waals surface area contributed by atoms with Gasteiger partial charge in [-0.25, -0.2) is 0 Å². The molecule has 0 unspecified atom stereocenters. The molecule has 0 aliphatic heterocycles.